The number of hydrogen-bond acceptors (Lipinski definition) is 2. The van der Waals surface area contributed by atoms with E-state index in [2.05, 4.69) is 5.43 Å². The lowest BCUT2D eigenvalue weighted by atomic mass is 10.4. The van der Waals surface area contributed by atoms with E-state index in [0.717, 1.165) is 0 Å². The normalized spacial score (nSPS) is 9.58. The van der Waals surface area contributed by atoms with E-state index in [-0.39, 0.29) is 17.4 Å². The number of hydrogen-bond donors (Lipinski definition) is 2. The standard InChI is InChI=1S/C6H14N2O2.2H2O/c1-8(2,3)7-5-4-6(9)10;;/h7H,4-5H2,1-3H3;2*1H2/p+1. The van der Waals surface area contributed by atoms with Crippen LogP contribution in [0, 0.1) is 0 Å². The molecule has 0 aromatic rings. The molecule has 0 heterocycles. The first-order chi connectivity index (χ1) is 4.42. The molecule has 0 unspecified atom stereocenters. The molecule has 0 aromatic carbocycles. The van der Waals surface area contributed by atoms with Crippen molar-refractivity contribution < 1.29 is 25.4 Å². The van der Waals surface area contributed by atoms with Gasteiger partial charge >= 0.3 is 5.97 Å². The molecule has 0 fully saturated rings. The number of carbonyl (C=O) groups is 1. The maximum absolute atomic E-state index is 10.0. The fraction of sp³-hybridized carbons (Fsp3) is 0.833. The monoisotopic (exact) mass is 183 g/mol. The zero-order valence-electron chi connectivity index (χ0n) is 7.72. The summed E-state index contributed by atoms with van der Waals surface area (Å²) in [6, 6.07) is 0. The number of nitrogens with zero attached hydrogens (tertiary/aromatic N) is 1. The highest BCUT2D eigenvalue weighted by molar-refractivity contribution is 5.66. The summed E-state index contributed by atoms with van der Waals surface area (Å²) < 4.78 is 0.591. The fourth-order valence-corrected chi connectivity index (χ4v) is 0.498. The summed E-state index contributed by atoms with van der Waals surface area (Å²) >= 11 is 0. The first-order valence-corrected chi connectivity index (χ1v) is 3.20. The summed E-state index contributed by atoms with van der Waals surface area (Å²) in [5.74, 6) is -0.763. The van der Waals surface area contributed by atoms with Crippen molar-refractivity contribution in [1.82, 2.24) is 5.43 Å². The van der Waals surface area contributed by atoms with Gasteiger partial charge in [0.15, 0.2) is 0 Å². The Kier molecular flexibility index (Phi) is 10.1. The Bertz CT molecular complexity index is 121. The van der Waals surface area contributed by atoms with E-state index in [4.69, 9.17) is 5.11 Å². The molecule has 12 heavy (non-hydrogen) atoms. The molecule has 6 nitrogen and oxygen atoms in total. The lowest BCUT2D eigenvalue weighted by Crippen LogP contribution is -2.48. The smallest absolute Gasteiger partial charge is 0.304 e. The average molecular weight is 183 g/mol. The molecule has 0 atom stereocenters. The highest BCUT2D eigenvalue weighted by Gasteiger charge is 2.05. The van der Waals surface area contributed by atoms with E-state index in [1.54, 1.807) is 0 Å². The minimum atomic E-state index is -0.763. The van der Waals surface area contributed by atoms with E-state index in [1.807, 2.05) is 21.1 Å². The van der Waals surface area contributed by atoms with Gasteiger partial charge in [-0.05, 0) is 0 Å². The molecular formula is C6H19N2O4+. The van der Waals surface area contributed by atoms with Crippen LogP contribution in [0.15, 0.2) is 0 Å². The van der Waals surface area contributed by atoms with E-state index in [0.29, 0.717) is 11.1 Å². The van der Waals surface area contributed by atoms with Gasteiger partial charge < -0.3 is 16.1 Å². The van der Waals surface area contributed by atoms with Crippen molar-refractivity contribution in [2.45, 2.75) is 6.42 Å². The minimum Gasteiger partial charge on any atom is -0.481 e. The first-order valence-electron chi connectivity index (χ1n) is 3.20. The molecule has 0 spiro atoms. The number of carboxylic acid groups (broad SMARTS) is 1. The zero-order chi connectivity index (χ0) is 8.20. The van der Waals surface area contributed by atoms with Crippen LogP contribution in [0.2, 0.25) is 0 Å². The second kappa shape index (κ2) is 6.99. The highest BCUT2D eigenvalue weighted by Crippen LogP contribution is 1.82. The first kappa shape index (κ1) is 17.4. The molecule has 0 saturated carbocycles. The SMILES string of the molecule is C[N+](C)(C)NCCC(=O)O.O.O. The number of quaternary nitrogens is 1. The van der Waals surface area contributed by atoms with Crippen LogP contribution in [0.4, 0.5) is 0 Å². The van der Waals surface area contributed by atoms with Gasteiger partial charge in [-0.3, -0.25) is 9.39 Å². The van der Waals surface area contributed by atoms with Gasteiger partial charge in [0, 0.05) is 0 Å². The predicted octanol–water partition coefficient (Wildman–Crippen LogP) is -1.98. The van der Waals surface area contributed by atoms with Gasteiger partial charge in [0.05, 0.1) is 34.1 Å². The van der Waals surface area contributed by atoms with E-state index >= 15 is 0 Å². The van der Waals surface area contributed by atoms with E-state index < -0.39 is 5.97 Å². The molecule has 0 aliphatic carbocycles. The van der Waals surface area contributed by atoms with Crippen LogP contribution in [0.5, 0.6) is 0 Å². The van der Waals surface area contributed by atoms with Crippen LogP contribution in [-0.2, 0) is 4.79 Å². The van der Waals surface area contributed by atoms with Crippen LogP contribution in [0.1, 0.15) is 6.42 Å². The Morgan fingerprint density at radius 2 is 1.75 bits per heavy atom. The Balaban J connectivity index is -0.000000405. The molecular weight excluding hydrogens is 164 g/mol. The van der Waals surface area contributed by atoms with Crippen molar-refractivity contribution >= 4 is 5.97 Å². The Hall–Kier alpha value is -0.690. The van der Waals surface area contributed by atoms with Crippen LogP contribution in [0.3, 0.4) is 0 Å². The zero-order valence-corrected chi connectivity index (χ0v) is 7.72. The summed E-state index contributed by atoms with van der Waals surface area (Å²) in [7, 11) is 5.84. The van der Waals surface area contributed by atoms with Crippen molar-refractivity contribution in [1.29, 1.82) is 0 Å². The maximum atomic E-state index is 10.0. The van der Waals surface area contributed by atoms with Crippen molar-refractivity contribution in [3.05, 3.63) is 0 Å². The quantitative estimate of drug-likeness (QED) is 0.389. The molecule has 6 heteroatoms. The average Bonchev–Trinajstić information content (AvgIpc) is 1.59. The molecule has 0 amide bonds. The van der Waals surface area contributed by atoms with E-state index in [9.17, 15) is 4.79 Å². The van der Waals surface area contributed by atoms with Gasteiger partial charge in [0.2, 0.25) is 0 Å². The van der Waals surface area contributed by atoms with Gasteiger partial charge in [-0.15, -0.1) is 0 Å². The van der Waals surface area contributed by atoms with Crippen LogP contribution < -0.4 is 5.43 Å². The number of rotatable bonds is 4. The lowest BCUT2D eigenvalue weighted by Gasteiger charge is -2.23. The van der Waals surface area contributed by atoms with Gasteiger partial charge in [0.25, 0.3) is 0 Å². The van der Waals surface area contributed by atoms with Gasteiger partial charge in [-0.2, -0.15) is 5.43 Å². The van der Waals surface area contributed by atoms with Gasteiger partial charge in [0.1, 0.15) is 0 Å². The summed E-state index contributed by atoms with van der Waals surface area (Å²) in [6.07, 6.45) is 0.176. The van der Waals surface area contributed by atoms with Gasteiger partial charge in [-0.25, -0.2) is 0 Å². The molecule has 0 saturated heterocycles. The lowest BCUT2D eigenvalue weighted by molar-refractivity contribution is -0.915. The Morgan fingerprint density at radius 1 is 1.33 bits per heavy atom. The molecule has 0 radical (unpaired) electrons. The second-order valence-corrected chi connectivity index (χ2v) is 3.06. The molecule has 0 aliphatic rings. The van der Waals surface area contributed by atoms with Crippen molar-refractivity contribution in [2.24, 2.45) is 0 Å². The third kappa shape index (κ3) is 16.1. The van der Waals surface area contributed by atoms with Crippen LogP contribution in [0.25, 0.3) is 0 Å². The van der Waals surface area contributed by atoms with Crippen molar-refractivity contribution in [3.8, 4) is 0 Å². The van der Waals surface area contributed by atoms with Crippen molar-refractivity contribution in [3.63, 3.8) is 0 Å². The molecule has 6 N–H and O–H groups in total. The summed E-state index contributed by atoms with van der Waals surface area (Å²) in [5.41, 5.74) is 3.01. The number of nitrogens with one attached hydrogen (secondary N) is 1. The summed E-state index contributed by atoms with van der Waals surface area (Å²) in [5, 5.41) is 8.26. The predicted molar refractivity (Wildman–Crippen MR) is 45.5 cm³/mol. The van der Waals surface area contributed by atoms with Crippen LogP contribution in [-0.4, -0.2) is 54.3 Å². The topological polar surface area (TPSA) is 112 Å². The molecule has 0 bridgehead atoms. The van der Waals surface area contributed by atoms with Crippen LogP contribution >= 0.6 is 0 Å². The number of aliphatic carboxylic acids is 1. The third-order valence-corrected chi connectivity index (χ3v) is 0.925. The second-order valence-electron chi connectivity index (χ2n) is 3.06. The molecule has 76 valence electrons. The number of carboxylic acids is 1. The summed E-state index contributed by atoms with van der Waals surface area (Å²) in [6.45, 7) is 0.513. The molecule has 0 aromatic heterocycles. The molecule has 0 aliphatic heterocycles. The largest absolute Gasteiger partial charge is 0.481 e. The third-order valence-electron chi connectivity index (χ3n) is 0.925. The summed E-state index contributed by atoms with van der Waals surface area (Å²) in [4.78, 5) is 10.0. The Morgan fingerprint density at radius 3 is 2.00 bits per heavy atom. The van der Waals surface area contributed by atoms with Gasteiger partial charge in [-0.1, -0.05) is 0 Å². The maximum Gasteiger partial charge on any atom is 0.304 e. The molecule has 0 rings (SSSR count). The van der Waals surface area contributed by atoms with E-state index in [1.165, 1.54) is 0 Å². The van der Waals surface area contributed by atoms with Crippen molar-refractivity contribution in [2.75, 3.05) is 27.7 Å². The highest BCUT2D eigenvalue weighted by atomic mass is 16.4. The Labute approximate surface area is 72.0 Å². The minimum absolute atomic E-state index is 0. The fourth-order valence-electron chi connectivity index (χ4n) is 0.498.